The van der Waals surface area contributed by atoms with Gasteiger partial charge in [-0.1, -0.05) is 29.8 Å². The van der Waals surface area contributed by atoms with Gasteiger partial charge in [-0.3, -0.25) is 9.63 Å². The van der Waals surface area contributed by atoms with Gasteiger partial charge in [0.1, 0.15) is 17.8 Å². The molecule has 1 amide bonds. The first-order valence-corrected chi connectivity index (χ1v) is 9.24. The zero-order valence-corrected chi connectivity index (χ0v) is 16.7. The molecule has 0 saturated heterocycles. The van der Waals surface area contributed by atoms with Crippen LogP contribution in [0.25, 0.3) is 33.1 Å². The van der Waals surface area contributed by atoms with Gasteiger partial charge >= 0.3 is 0 Å². The summed E-state index contributed by atoms with van der Waals surface area (Å²) in [7, 11) is 1.30. The maximum absolute atomic E-state index is 12.3. The van der Waals surface area contributed by atoms with E-state index in [-0.39, 0.29) is 12.3 Å². The fourth-order valence-corrected chi connectivity index (χ4v) is 3.25. The summed E-state index contributed by atoms with van der Waals surface area (Å²) in [6.45, 7) is 9.82. The van der Waals surface area contributed by atoms with E-state index in [1.165, 1.54) is 19.5 Å². The van der Waals surface area contributed by atoms with E-state index < -0.39 is 5.91 Å². The number of anilines is 1. The third-order valence-corrected chi connectivity index (χ3v) is 4.61. The first-order valence-electron chi connectivity index (χ1n) is 9.24. The number of nitrogens with two attached hydrogens (primary N) is 1. The first kappa shape index (κ1) is 21.0. The predicted molar refractivity (Wildman–Crippen MR) is 114 cm³/mol. The number of hydroxylamine groups is 1. The lowest BCUT2D eigenvalue weighted by Gasteiger charge is -2.10. The number of aliphatic hydroxyl groups excluding tert-OH is 1. The molecule has 2 heterocycles. The molecule has 30 heavy (non-hydrogen) atoms. The van der Waals surface area contributed by atoms with E-state index in [9.17, 15) is 9.90 Å². The fourth-order valence-electron chi connectivity index (χ4n) is 3.25. The number of nitrogens with zero attached hydrogens (tertiary/aromatic N) is 4. The van der Waals surface area contributed by atoms with Crippen molar-refractivity contribution < 1.29 is 14.7 Å². The van der Waals surface area contributed by atoms with Gasteiger partial charge in [-0.15, -0.1) is 0 Å². The Hall–Kier alpha value is -3.74. The number of nitrogens with one attached hydrogen (secondary N) is 1. The Kier molecular flexibility index (Phi) is 6.41. The molecule has 9 heteroatoms. The normalized spacial score (nSPS) is 11.5. The van der Waals surface area contributed by atoms with Gasteiger partial charge < -0.3 is 15.4 Å². The van der Waals surface area contributed by atoms with E-state index in [0.29, 0.717) is 41.1 Å². The van der Waals surface area contributed by atoms with Crippen LogP contribution in [0.2, 0.25) is 0 Å². The average Bonchev–Trinajstić information content (AvgIpc) is 3.05. The SMILES string of the molecule is [C-]#[N+]/C(=C\c1c(-c2ccc(C)cc2)c2c(N)ncnc2n1CCCO)C(=O)NOC. The summed E-state index contributed by atoms with van der Waals surface area (Å²) in [5.74, 6) is -0.376. The molecule has 3 rings (SSSR count). The van der Waals surface area contributed by atoms with E-state index >= 15 is 0 Å². The highest BCUT2D eigenvalue weighted by molar-refractivity contribution is 6.07. The Morgan fingerprint density at radius 1 is 1.37 bits per heavy atom. The number of aryl methyl sites for hydroxylation is 2. The zero-order valence-electron chi connectivity index (χ0n) is 16.7. The van der Waals surface area contributed by atoms with Crippen molar-refractivity contribution in [2.45, 2.75) is 19.9 Å². The summed E-state index contributed by atoms with van der Waals surface area (Å²) < 4.78 is 1.84. The van der Waals surface area contributed by atoms with Crippen LogP contribution in [0.1, 0.15) is 17.7 Å². The second-order valence-corrected chi connectivity index (χ2v) is 6.59. The van der Waals surface area contributed by atoms with Gasteiger partial charge in [-0.2, -0.15) is 0 Å². The summed E-state index contributed by atoms with van der Waals surface area (Å²) in [4.78, 5) is 28.8. The topological polar surface area (TPSA) is 120 Å². The van der Waals surface area contributed by atoms with Gasteiger partial charge in [-0.05, 0) is 25.0 Å². The number of fused-ring (bicyclic) bond motifs is 1. The lowest BCUT2D eigenvalue weighted by atomic mass is 10.0. The van der Waals surface area contributed by atoms with Crippen molar-refractivity contribution in [3.05, 3.63) is 59.0 Å². The van der Waals surface area contributed by atoms with Crippen LogP contribution in [0.15, 0.2) is 36.3 Å². The summed E-state index contributed by atoms with van der Waals surface area (Å²) >= 11 is 0. The van der Waals surface area contributed by atoms with Crippen LogP contribution in [0.5, 0.6) is 0 Å². The largest absolute Gasteiger partial charge is 0.396 e. The molecule has 1 aromatic carbocycles. The molecule has 0 saturated carbocycles. The highest BCUT2D eigenvalue weighted by Crippen LogP contribution is 2.38. The van der Waals surface area contributed by atoms with Crippen LogP contribution < -0.4 is 11.2 Å². The number of aliphatic hydroxyl groups is 1. The van der Waals surface area contributed by atoms with Crippen LogP contribution in [-0.4, -0.2) is 39.3 Å². The van der Waals surface area contributed by atoms with Gasteiger partial charge in [0.05, 0.1) is 19.1 Å². The average molecular weight is 406 g/mol. The number of carbonyl (C=O) groups is 1. The van der Waals surface area contributed by atoms with Crippen molar-refractivity contribution in [2.75, 3.05) is 19.5 Å². The third-order valence-electron chi connectivity index (χ3n) is 4.61. The number of nitrogen functional groups attached to an aromatic ring is 1. The van der Waals surface area contributed by atoms with E-state index in [2.05, 4.69) is 25.1 Å². The lowest BCUT2D eigenvalue weighted by molar-refractivity contribution is -0.126. The summed E-state index contributed by atoms with van der Waals surface area (Å²) in [6.07, 6.45) is 3.31. The number of hydrogen-bond acceptors (Lipinski definition) is 6. The van der Waals surface area contributed by atoms with Crippen molar-refractivity contribution in [3.63, 3.8) is 0 Å². The lowest BCUT2D eigenvalue weighted by Crippen LogP contribution is -2.22. The van der Waals surface area contributed by atoms with Crippen LogP contribution in [0, 0.1) is 13.5 Å². The van der Waals surface area contributed by atoms with E-state index in [4.69, 9.17) is 12.3 Å². The number of benzene rings is 1. The van der Waals surface area contributed by atoms with Crippen molar-refractivity contribution in [1.82, 2.24) is 20.0 Å². The second kappa shape index (κ2) is 9.17. The Morgan fingerprint density at radius 2 is 2.10 bits per heavy atom. The molecule has 0 radical (unpaired) electrons. The minimum absolute atomic E-state index is 0.0247. The maximum atomic E-state index is 12.3. The number of amides is 1. The molecule has 4 N–H and O–H groups in total. The summed E-state index contributed by atoms with van der Waals surface area (Å²) in [5, 5.41) is 10.00. The molecule has 0 unspecified atom stereocenters. The highest BCUT2D eigenvalue weighted by Gasteiger charge is 2.22. The number of carbonyl (C=O) groups excluding carboxylic acids is 1. The van der Waals surface area contributed by atoms with Gasteiger partial charge in [0, 0.05) is 24.4 Å². The Morgan fingerprint density at radius 3 is 2.73 bits per heavy atom. The molecule has 9 nitrogen and oxygen atoms in total. The number of hydrogen-bond donors (Lipinski definition) is 3. The zero-order chi connectivity index (χ0) is 21.7. The quantitative estimate of drug-likeness (QED) is 0.315. The second-order valence-electron chi connectivity index (χ2n) is 6.59. The molecule has 0 aliphatic heterocycles. The van der Waals surface area contributed by atoms with Crippen molar-refractivity contribution in [3.8, 4) is 11.1 Å². The van der Waals surface area contributed by atoms with E-state index in [1.54, 1.807) is 0 Å². The van der Waals surface area contributed by atoms with Crippen LogP contribution in [-0.2, 0) is 16.2 Å². The number of aromatic nitrogens is 3. The Balaban J connectivity index is 2.38. The number of rotatable bonds is 7. The third kappa shape index (κ3) is 4.00. The molecule has 0 fully saturated rings. The fraction of sp³-hybridized carbons (Fsp3) is 0.238. The molecule has 154 valence electrons. The summed E-state index contributed by atoms with van der Waals surface area (Å²) in [6, 6.07) is 7.81. The molecular weight excluding hydrogens is 384 g/mol. The highest BCUT2D eigenvalue weighted by atomic mass is 16.6. The standard InChI is InChI=1S/C21H22N6O3/c1-13-5-7-14(8-6-13)17-16(11-15(23-2)21(29)26-30-3)27(9-4-10-28)20-18(17)19(22)24-12-25-20/h5-8,11-12,28H,4,9-10H2,1,3H3,(H,26,29)(H2,22,24,25)/b15-11-. The Bertz CT molecular complexity index is 1140. The van der Waals surface area contributed by atoms with Crippen molar-refractivity contribution in [2.24, 2.45) is 0 Å². The minimum atomic E-state index is -0.666. The predicted octanol–water partition coefficient (Wildman–Crippen LogP) is 2.31. The van der Waals surface area contributed by atoms with E-state index in [1.807, 2.05) is 35.8 Å². The molecule has 2 aromatic heterocycles. The van der Waals surface area contributed by atoms with E-state index in [0.717, 1.165) is 11.1 Å². The minimum Gasteiger partial charge on any atom is -0.396 e. The molecule has 0 aliphatic rings. The molecule has 0 aliphatic carbocycles. The van der Waals surface area contributed by atoms with Gasteiger partial charge in [-0.25, -0.2) is 20.3 Å². The monoisotopic (exact) mass is 406 g/mol. The van der Waals surface area contributed by atoms with Crippen LogP contribution >= 0.6 is 0 Å². The molecule has 0 bridgehead atoms. The molecule has 3 aromatic rings. The first-order chi connectivity index (χ1) is 14.5. The smallest absolute Gasteiger partial charge is 0.273 e. The van der Waals surface area contributed by atoms with Gasteiger partial charge in [0.15, 0.2) is 0 Å². The maximum Gasteiger partial charge on any atom is 0.273 e. The van der Waals surface area contributed by atoms with Crippen LogP contribution in [0.3, 0.4) is 0 Å². The molecule has 0 atom stereocenters. The van der Waals surface area contributed by atoms with Crippen LogP contribution in [0.4, 0.5) is 5.82 Å². The van der Waals surface area contributed by atoms with Crippen molar-refractivity contribution >= 4 is 28.8 Å². The van der Waals surface area contributed by atoms with Crippen molar-refractivity contribution in [1.29, 1.82) is 0 Å². The molecular formula is C21H22N6O3. The molecule has 0 spiro atoms. The summed E-state index contributed by atoms with van der Waals surface area (Å²) in [5.41, 5.74) is 12.0. The van der Waals surface area contributed by atoms with Gasteiger partial charge in [0.25, 0.3) is 11.6 Å². The Labute approximate surface area is 173 Å². The van der Waals surface area contributed by atoms with Gasteiger partial charge in [0.2, 0.25) is 0 Å².